The van der Waals surface area contributed by atoms with Gasteiger partial charge in [0.05, 0.1) is 13.2 Å². The molecule has 3 N–H and O–H groups in total. The second kappa shape index (κ2) is 6.89. The fraction of sp³-hybridized carbons (Fsp3) is 0.500. The highest BCUT2D eigenvalue weighted by Gasteiger charge is 2.29. The SMILES string of the molecule is O=C(CC1COCCN1)Nc1cccc(NC(=O)C2CC2)c1. The lowest BCUT2D eigenvalue weighted by Gasteiger charge is -2.23. The highest BCUT2D eigenvalue weighted by atomic mass is 16.5. The average molecular weight is 303 g/mol. The standard InChI is InChI=1S/C16H21N3O3/c20-15(9-14-10-22-7-6-17-14)18-12-2-1-3-13(8-12)19-16(21)11-4-5-11/h1-3,8,11,14,17H,4-7,9-10H2,(H,18,20)(H,19,21). The lowest BCUT2D eigenvalue weighted by molar-refractivity contribution is -0.118. The quantitative estimate of drug-likeness (QED) is 0.767. The van der Waals surface area contributed by atoms with Gasteiger partial charge in [0.25, 0.3) is 0 Å². The van der Waals surface area contributed by atoms with Crippen molar-refractivity contribution in [3.63, 3.8) is 0 Å². The Labute approximate surface area is 129 Å². The maximum Gasteiger partial charge on any atom is 0.227 e. The van der Waals surface area contributed by atoms with Crippen molar-refractivity contribution in [2.75, 3.05) is 30.4 Å². The number of rotatable bonds is 5. The lowest BCUT2D eigenvalue weighted by atomic mass is 10.2. The first-order valence-corrected chi connectivity index (χ1v) is 7.72. The van der Waals surface area contributed by atoms with Crippen molar-refractivity contribution in [2.45, 2.75) is 25.3 Å². The number of anilines is 2. The van der Waals surface area contributed by atoms with Gasteiger partial charge in [0.2, 0.25) is 11.8 Å². The number of morpholine rings is 1. The Balaban J connectivity index is 1.52. The largest absolute Gasteiger partial charge is 0.378 e. The van der Waals surface area contributed by atoms with Crippen LogP contribution in [0, 0.1) is 5.92 Å². The number of ether oxygens (including phenoxy) is 1. The first-order chi connectivity index (χ1) is 10.7. The van der Waals surface area contributed by atoms with Crippen molar-refractivity contribution in [1.82, 2.24) is 5.32 Å². The summed E-state index contributed by atoms with van der Waals surface area (Å²) in [6, 6.07) is 7.30. The topological polar surface area (TPSA) is 79.5 Å². The maximum atomic E-state index is 12.0. The minimum absolute atomic E-state index is 0.0614. The molecule has 2 fully saturated rings. The maximum absolute atomic E-state index is 12.0. The van der Waals surface area contributed by atoms with E-state index in [1.54, 1.807) is 6.07 Å². The van der Waals surface area contributed by atoms with Gasteiger partial charge >= 0.3 is 0 Å². The molecule has 3 rings (SSSR count). The van der Waals surface area contributed by atoms with E-state index in [4.69, 9.17) is 4.74 Å². The number of amides is 2. The second-order valence-electron chi connectivity index (χ2n) is 5.82. The smallest absolute Gasteiger partial charge is 0.227 e. The highest BCUT2D eigenvalue weighted by Crippen LogP contribution is 2.30. The van der Waals surface area contributed by atoms with E-state index in [1.807, 2.05) is 18.2 Å². The van der Waals surface area contributed by atoms with Gasteiger partial charge in [0, 0.05) is 36.3 Å². The molecule has 1 saturated heterocycles. The Morgan fingerprint density at radius 1 is 1.23 bits per heavy atom. The summed E-state index contributed by atoms with van der Waals surface area (Å²) in [5.74, 6) is 0.163. The zero-order valence-corrected chi connectivity index (χ0v) is 12.4. The predicted octanol–water partition coefficient (Wildman–Crippen LogP) is 1.35. The minimum Gasteiger partial charge on any atom is -0.378 e. The molecular weight excluding hydrogens is 282 g/mol. The van der Waals surface area contributed by atoms with Gasteiger partial charge in [0.1, 0.15) is 0 Å². The lowest BCUT2D eigenvalue weighted by Crippen LogP contribution is -2.43. The van der Waals surface area contributed by atoms with E-state index < -0.39 is 0 Å². The Kier molecular flexibility index (Phi) is 4.70. The summed E-state index contributed by atoms with van der Waals surface area (Å²) >= 11 is 0. The number of carbonyl (C=O) groups is 2. The first kappa shape index (κ1) is 15.0. The van der Waals surface area contributed by atoms with E-state index >= 15 is 0 Å². The normalized spacial score (nSPS) is 21.2. The second-order valence-corrected chi connectivity index (χ2v) is 5.82. The van der Waals surface area contributed by atoms with Crippen LogP contribution >= 0.6 is 0 Å². The molecule has 1 saturated carbocycles. The minimum atomic E-state index is -0.0614. The molecule has 0 radical (unpaired) electrons. The molecule has 118 valence electrons. The highest BCUT2D eigenvalue weighted by molar-refractivity contribution is 5.96. The summed E-state index contributed by atoms with van der Waals surface area (Å²) in [5.41, 5.74) is 1.41. The average Bonchev–Trinajstić information content (AvgIpc) is 3.33. The van der Waals surface area contributed by atoms with Crippen LogP contribution in [-0.4, -0.2) is 37.6 Å². The molecular formula is C16H21N3O3. The predicted molar refractivity (Wildman–Crippen MR) is 83.7 cm³/mol. The van der Waals surface area contributed by atoms with Gasteiger partial charge in [-0.1, -0.05) is 6.07 Å². The first-order valence-electron chi connectivity index (χ1n) is 7.72. The molecule has 0 bridgehead atoms. The third-order valence-electron chi connectivity index (χ3n) is 3.79. The zero-order valence-electron chi connectivity index (χ0n) is 12.4. The van der Waals surface area contributed by atoms with Crippen LogP contribution in [-0.2, 0) is 14.3 Å². The Bertz CT molecular complexity index is 551. The summed E-state index contributed by atoms with van der Waals surface area (Å²) in [7, 11) is 0. The Morgan fingerprint density at radius 3 is 2.68 bits per heavy atom. The Morgan fingerprint density at radius 2 is 2.00 bits per heavy atom. The van der Waals surface area contributed by atoms with E-state index in [2.05, 4.69) is 16.0 Å². The van der Waals surface area contributed by atoms with Crippen molar-refractivity contribution < 1.29 is 14.3 Å². The van der Waals surface area contributed by atoms with E-state index in [-0.39, 0.29) is 23.8 Å². The fourth-order valence-corrected chi connectivity index (χ4v) is 2.45. The molecule has 1 heterocycles. The van der Waals surface area contributed by atoms with Crippen LogP contribution in [0.4, 0.5) is 11.4 Å². The molecule has 1 atom stereocenters. The summed E-state index contributed by atoms with van der Waals surface area (Å²) in [4.78, 5) is 23.8. The third kappa shape index (κ3) is 4.29. The summed E-state index contributed by atoms with van der Waals surface area (Å²) < 4.78 is 5.33. The molecule has 2 amide bonds. The van der Waals surface area contributed by atoms with Crippen LogP contribution in [0.2, 0.25) is 0 Å². The summed E-state index contributed by atoms with van der Waals surface area (Å²) in [5, 5.41) is 8.99. The van der Waals surface area contributed by atoms with Gasteiger partial charge < -0.3 is 20.7 Å². The van der Waals surface area contributed by atoms with Gasteiger partial charge in [-0.05, 0) is 31.0 Å². The number of hydrogen-bond donors (Lipinski definition) is 3. The van der Waals surface area contributed by atoms with Gasteiger partial charge in [-0.25, -0.2) is 0 Å². The van der Waals surface area contributed by atoms with Crippen molar-refractivity contribution in [2.24, 2.45) is 5.92 Å². The molecule has 6 nitrogen and oxygen atoms in total. The van der Waals surface area contributed by atoms with E-state index in [0.29, 0.717) is 31.0 Å². The van der Waals surface area contributed by atoms with E-state index in [9.17, 15) is 9.59 Å². The number of nitrogens with one attached hydrogen (secondary N) is 3. The molecule has 0 aromatic heterocycles. The molecule has 1 aromatic carbocycles. The summed E-state index contributed by atoms with van der Waals surface area (Å²) in [6.07, 6.45) is 2.32. The fourth-order valence-electron chi connectivity index (χ4n) is 2.45. The van der Waals surface area contributed by atoms with Crippen LogP contribution in [0.5, 0.6) is 0 Å². The van der Waals surface area contributed by atoms with Crippen molar-refractivity contribution in [1.29, 1.82) is 0 Å². The van der Waals surface area contributed by atoms with Crippen LogP contribution in [0.3, 0.4) is 0 Å². The van der Waals surface area contributed by atoms with Crippen molar-refractivity contribution in [3.8, 4) is 0 Å². The molecule has 1 aliphatic heterocycles. The van der Waals surface area contributed by atoms with Crippen LogP contribution in [0.1, 0.15) is 19.3 Å². The van der Waals surface area contributed by atoms with Crippen LogP contribution in [0.15, 0.2) is 24.3 Å². The van der Waals surface area contributed by atoms with E-state index in [0.717, 1.165) is 19.4 Å². The van der Waals surface area contributed by atoms with Crippen molar-refractivity contribution in [3.05, 3.63) is 24.3 Å². The molecule has 22 heavy (non-hydrogen) atoms. The monoisotopic (exact) mass is 303 g/mol. The molecule has 1 unspecified atom stereocenters. The van der Waals surface area contributed by atoms with E-state index in [1.165, 1.54) is 0 Å². The van der Waals surface area contributed by atoms with Crippen LogP contribution in [0.25, 0.3) is 0 Å². The van der Waals surface area contributed by atoms with Gasteiger partial charge in [-0.3, -0.25) is 9.59 Å². The van der Waals surface area contributed by atoms with Gasteiger partial charge in [-0.15, -0.1) is 0 Å². The number of benzene rings is 1. The number of carbonyl (C=O) groups excluding carboxylic acids is 2. The van der Waals surface area contributed by atoms with Crippen LogP contribution < -0.4 is 16.0 Å². The van der Waals surface area contributed by atoms with Crippen molar-refractivity contribution >= 4 is 23.2 Å². The summed E-state index contributed by atoms with van der Waals surface area (Å²) in [6.45, 7) is 2.03. The molecule has 0 spiro atoms. The molecule has 1 aromatic rings. The zero-order chi connectivity index (χ0) is 15.4. The number of hydrogen-bond acceptors (Lipinski definition) is 4. The van der Waals surface area contributed by atoms with Gasteiger partial charge in [-0.2, -0.15) is 0 Å². The Hall–Kier alpha value is -1.92. The molecule has 6 heteroatoms. The molecule has 1 aliphatic carbocycles. The molecule has 2 aliphatic rings. The van der Waals surface area contributed by atoms with Gasteiger partial charge in [0.15, 0.2) is 0 Å². The third-order valence-corrected chi connectivity index (χ3v) is 3.79.